The van der Waals surface area contributed by atoms with Crippen LogP contribution in [0.25, 0.3) is 0 Å². The second kappa shape index (κ2) is 8.32. The van der Waals surface area contributed by atoms with Gasteiger partial charge in [-0.2, -0.15) is 0 Å². The molecule has 6 heteroatoms. The Morgan fingerprint density at radius 1 is 1.38 bits per heavy atom. The molecular weight excluding hydrogens is 220 g/mol. The van der Waals surface area contributed by atoms with Gasteiger partial charge in [0.05, 0.1) is 12.4 Å². The Labute approximate surface area is 98.1 Å². The van der Waals surface area contributed by atoms with Crippen molar-refractivity contribution in [3.8, 4) is 0 Å². The van der Waals surface area contributed by atoms with Crippen LogP contribution in [0.4, 0.5) is 0 Å². The van der Waals surface area contributed by atoms with Crippen LogP contribution in [0.3, 0.4) is 0 Å². The first-order valence-corrected chi connectivity index (χ1v) is 7.75. The third kappa shape index (κ3) is 5.29. The summed E-state index contributed by atoms with van der Waals surface area (Å²) in [5.74, 6) is 0. The highest BCUT2D eigenvalue weighted by atomic mass is 28.3. The predicted molar refractivity (Wildman–Crippen MR) is 65.2 cm³/mol. The molecule has 0 bridgehead atoms. The van der Waals surface area contributed by atoms with Crippen molar-refractivity contribution < 1.29 is 4.43 Å². The molecule has 2 heterocycles. The molecule has 0 amide bonds. The summed E-state index contributed by atoms with van der Waals surface area (Å²) in [7, 11) is -0.943. The van der Waals surface area contributed by atoms with Crippen molar-refractivity contribution in [1.29, 1.82) is 0 Å². The normalized spacial score (nSPS) is 21.8. The molecule has 16 heavy (non-hydrogen) atoms. The Hall–Kier alpha value is -0.853. The topological polar surface area (TPSA) is 73.9 Å². The van der Waals surface area contributed by atoms with E-state index in [9.17, 15) is 0 Å². The first kappa shape index (κ1) is 13.2. The molecule has 1 aromatic heterocycles. The Bertz CT molecular complexity index is 230. The monoisotopic (exact) mass is 240 g/mol. The molecule has 0 spiro atoms. The summed E-state index contributed by atoms with van der Waals surface area (Å²) < 4.78 is 5.64. The van der Waals surface area contributed by atoms with E-state index in [1.54, 1.807) is 18.5 Å². The van der Waals surface area contributed by atoms with Gasteiger partial charge in [-0.3, -0.25) is 0 Å². The second-order valence-corrected chi connectivity index (χ2v) is 6.63. The fraction of sp³-hybridized carbons (Fsp3) is 0.700. The van der Waals surface area contributed by atoms with Crippen molar-refractivity contribution in [1.82, 2.24) is 15.4 Å². The zero-order valence-corrected chi connectivity index (χ0v) is 10.9. The molecule has 1 aliphatic heterocycles. The lowest BCUT2D eigenvalue weighted by Crippen LogP contribution is -2.42. The van der Waals surface area contributed by atoms with E-state index in [0.29, 0.717) is 5.67 Å². The van der Waals surface area contributed by atoms with Crippen LogP contribution in [0.5, 0.6) is 0 Å². The number of nitrogens with zero attached hydrogens (tertiary/aromatic N) is 3. The highest BCUT2D eigenvalue weighted by Gasteiger charge is 2.21. The molecular formula is C10H20N4OSi. The highest BCUT2D eigenvalue weighted by Crippen LogP contribution is 2.13. The number of hydrogen-bond donors (Lipinski definition) is 1. The van der Waals surface area contributed by atoms with Gasteiger partial charge in [0.1, 0.15) is 0 Å². The highest BCUT2D eigenvalue weighted by molar-refractivity contribution is 6.53. The number of hydrogen-bond acceptors (Lipinski definition) is 5. The van der Waals surface area contributed by atoms with Gasteiger partial charge in [0.25, 0.3) is 0 Å². The average Bonchev–Trinajstić information content (AvgIpc) is 2.41. The molecule has 0 saturated carbocycles. The first-order valence-electron chi connectivity index (χ1n) is 5.80. The molecule has 1 aliphatic rings. The molecule has 1 saturated heterocycles. The molecule has 1 aromatic rings. The molecule has 2 N–H and O–H groups in total. The van der Waals surface area contributed by atoms with Gasteiger partial charge in [0.15, 0.2) is 9.04 Å². The molecule has 0 radical (unpaired) electrons. The fourth-order valence-electron chi connectivity index (χ4n) is 1.57. The van der Waals surface area contributed by atoms with Crippen molar-refractivity contribution in [2.45, 2.75) is 37.9 Å². The maximum Gasteiger partial charge on any atom is 0.193 e. The van der Waals surface area contributed by atoms with Gasteiger partial charge in [-0.1, -0.05) is 13.3 Å². The molecule has 2 unspecified atom stereocenters. The van der Waals surface area contributed by atoms with E-state index in [1.807, 2.05) is 0 Å². The molecule has 90 valence electrons. The lowest BCUT2D eigenvalue weighted by Gasteiger charge is -2.25. The van der Waals surface area contributed by atoms with Crippen LogP contribution < -0.4 is 5.73 Å². The van der Waals surface area contributed by atoms with Crippen LogP contribution in [-0.4, -0.2) is 36.7 Å². The van der Waals surface area contributed by atoms with Crippen LogP contribution in [-0.2, 0) is 4.43 Å². The zero-order chi connectivity index (χ0) is 11.6. The largest absolute Gasteiger partial charge is 0.418 e. The summed E-state index contributed by atoms with van der Waals surface area (Å²) in [6.45, 7) is 3.13. The SMILES string of the molecule is CCC(N)[SiH]1CCCCO1.c1cnnnc1. The molecule has 2 atom stereocenters. The predicted octanol–water partition coefficient (Wildman–Crippen LogP) is 0.669. The van der Waals surface area contributed by atoms with Crippen molar-refractivity contribution >= 4 is 9.04 Å². The summed E-state index contributed by atoms with van der Waals surface area (Å²) in [6, 6.07) is 3.02. The van der Waals surface area contributed by atoms with Gasteiger partial charge in [0, 0.05) is 12.3 Å². The van der Waals surface area contributed by atoms with E-state index in [1.165, 1.54) is 18.9 Å². The standard InChI is InChI=1S/C7H17NOSi.C3H3N3/c1-2-7(8)10-6-4-3-5-9-10;1-2-4-6-5-3-1/h7,10H,2-6,8H2,1H3;1-3H. The van der Waals surface area contributed by atoms with Crippen LogP contribution >= 0.6 is 0 Å². The minimum Gasteiger partial charge on any atom is -0.418 e. The van der Waals surface area contributed by atoms with Crippen molar-refractivity contribution in [3.63, 3.8) is 0 Å². The Kier molecular flexibility index (Phi) is 6.87. The summed E-state index contributed by atoms with van der Waals surface area (Å²) >= 11 is 0. The van der Waals surface area contributed by atoms with E-state index in [4.69, 9.17) is 10.2 Å². The van der Waals surface area contributed by atoms with Crippen LogP contribution in [0, 0.1) is 0 Å². The summed E-state index contributed by atoms with van der Waals surface area (Å²) in [6.07, 6.45) is 6.85. The van der Waals surface area contributed by atoms with Gasteiger partial charge in [0.2, 0.25) is 0 Å². The summed E-state index contributed by atoms with van der Waals surface area (Å²) in [5, 5.41) is 10.1. The number of nitrogens with two attached hydrogens (primary N) is 1. The Balaban J connectivity index is 0.000000181. The zero-order valence-electron chi connectivity index (χ0n) is 9.75. The van der Waals surface area contributed by atoms with Gasteiger partial charge in [-0.25, -0.2) is 0 Å². The molecule has 0 aliphatic carbocycles. The number of rotatable bonds is 2. The maximum absolute atomic E-state index is 5.88. The fourth-order valence-corrected chi connectivity index (χ4v) is 4.10. The molecule has 0 aromatic carbocycles. The third-order valence-electron chi connectivity index (χ3n) is 2.57. The van der Waals surface area contributed by atoms with E-state index in [0.717, 1.165) is 13.0 Å². The third-order valence-corrected chi connectivity index (χ3v) is 5.64. The Morgan fingerprint density at radius 3 is 2.50 bits per heavy atom. The minimum absolute atomic E-state index is 0.403. The van der Waals surface area contributed by atoms with Crippen LogP contribution in [0.15, 0.2) is 18.5 Å². The summed E-state index contributed by atoms with van der Waals surface area (Å²) in [4.78, 5) is 0. The molecule has 5 nitrogen and oxygen atoms in total. The van der Waals surface area contributed by atoms with Crippen molar-refractivity contribution in [2.75, 3.05) is 6.61 Å². The van der Waals surface area contributed by atoms with E-state index in [-0.39, 0.29) is 0 Å². The lowest BCUT2D eigenvalue weighted by molar-refractivity contribution is 0.279. The maximum atomic E-state index is 5.88. The molecule has 1 fully saturated rings. The quantitative estimate of drug-likeness (QED) is 0.769. The Morgan fingerprint density at radius 2 is 2.12 bits per heavy atom. The second-order valence-electron chi connectivity index (χ2n) is 3.79. The van der Waals surface area contributed by atoms with Gasteiger partial charge in [-0.05, 0) is 30.2 Å². The van der Waals surface area contributed by atoms with Gasteiger partial charge < -0.3 is 10.2 Å². The van der Waals surface area contributed by atoms with Crippen molar-refractivity contribution in [2.24, 2.45) is 5.73 Å². The van der Waals surface area contributed by atoms with Crippen LogP contribution in [0.1, 0.15) is 26.2 Å². The van der Waals surface area contributed by atoms with E-state index in [2.05, 4.69) is 22.3 Å². The van der Waals surface area contributed by atoms with Gasteiger partial charge >= 0.3 is 0 Å². The smallest absolute Gasteiger partial charge is 0.193 e. The number of aromatic nitrogens is 3. The minimum atomic E-state index is -0.943. The van der Waals surface area contributed by atoms with Gasteiger partial charge in [-0.15, -0.1) is 10.2 Å². The van der Waals surface area contributed by atoms with Crippen molar-refractivity contribution in [3.05, 3.63) is 18.5 Å². The van der Waals surface area contributed by atoms with E-state index >= 15 is 0 Å². The molecule has 2 rings (SSSR count). The van der Waals surface area contributed by atoms with E-state index < -0.39 is 9.04 Å². The summed E-state index contributed by atoms with van der Waals surface area (Å²) in [5.41, 5.74) is 6.29. The van der Waals surface area contributed by atoms with Crippen LogP contribution in [0.2, 0.25) is 6.04 Å². The lowest BCUT2D eigenvalue weighted by atomic mass is 10.4. The average molecular weight is 240 g/mol. The first-order chi connectivity index (χ1) is 7.84.